The van der Waals surface area contributed by atoms with Gasteiger partial charge in [0.05, 0.1) is 0 Å². The molecule has 3 nitrogen and oxygen atoms in total. The van der Waals surface area contributed by atoms with Crippen LogP contribution in [0.2, 0.25) is 0 Å². The fraction of sp³-hybridized carbons (Fsp3) is 0.156. The van der Waals surface area contributed by atoms with Gasteiger partial charge in [-0.2, -0.15) is 29.7 Å². The quantitative estimate of drug-likeness (QED) is 0.432. The van der Waals surface area contributed by atoms with E-state index in [0.717, 1.165) is 29.5 Å². The van der Waals surface area contributed by atoms with Gasteiger partial charge in [0.25, 0.3) is 0 Å². The molecule has 0 radical (unpaired) electrons. The Bertz CT molecular complexity index is 934. The summed E-state index contributed by atoms with van der Waals surface area (Å²) in [4.78, 5) is 0. The largest absolute Gasteiger partial charge is 4.00 e. The van der Waals surface area contributed by atoms with Crippen molar-refractivity contribution in [2.45, 2.75) is 32.7 Å². The molecule has 2 aliphatic carbocycles. The van der Waals surface area contributed by atoms with Crippen molar-refractivity contribution in [2.75, 3.05) is 0 Å². The van der Waals surface area contributed by atoms with Gasteiger partial charge in [-0.25, -0.2) is 0 Å². The van der Waals surface area contributed by atoms with Crippen LogP contribution in [0.1, 0.15) is 29.5 Å². The summed E-state index contributed by atoms with van der Waals surface area (Å²) in [5.41, 5.74) is 5.42. The second-order valence-corrected chi connectivity index (χ2v) is 7.78. The molecule has 0 aromatic heterocycles. The third-order valence-electron chi connectivity index (χ3n) is 5.00. The first-order valence-corrected chi connectivity index (χ1v) is 11.7. The predicted octanol–water partition coefficient (Wildman–Crippen LogP) is 4.60. The van der Waals surface area contributed by atoms with Crippen LogP contribution < -0.4 is 15.3 Å². The van der Waals surface area contributed by atoms with Crippen molar-refractivity contribution >= 4 is 0 Å². The van der Waals surface area contributed by atoms with Gasteiger partial charge in [-0.15, -0.1) is 32.0 Å². The summed E-state index contributed by atoms with van der Waals surface area (Å²) >= 11 is 0. The van der Waals surface area contributed by atoms with Gasteiger partial charge in [-0.05, 0) is 12.8 Å². The number of allylic oxidation sites excluding steroid dienone is 8. The molecule has 0 aliphatic heterocycles. The van der Waals surface area contributed by atoms with Gasteiger partial charge in [0, 0.05) is 0 Å². The summed E-state index contributed by atoms with van der Waals surface area (Å²) in [6.45, 7) is -0.331. The first-order valence-electron chi connectivity index (χ1n) is 11.7. The van der Waals surface area contributed by atoms with E-state index in [9.17, 15) is 15.3 Å². The molecule has 0 fully saturated rings. The summed E-state index contributed by atoms with van der Waals surface area (Å²) in [5.74, 6) is 0. The Hall–Kier alpha value is -2.75. The van der Waals surface area contributed by atoms with E-state index in [1.807, 2.05) is 91.0 Å². The number of hydrogen-bond donors (Lipinski definition) is 0. The van der Waals surface area contributed by atoms with E-state index >= 15 is 0 Å². The average molecular weight is 556 g/mol. The Kier molecular flexibility index (Phi) is 17.8. The first kappa shape index (κ1) is 31.3. The summed E-state index contributed by atoms with van der Waals surface area (Å²) in [5, 5.41) is 30.4. The third-order valence-corrected chi connectivity index (χ3v) is 5.00. The normalized spacial score (nSPS) is 12.3. The van der Waals surface area contributed by atoms with Crippen LogP contribution in [0, 0.1) is 6.42 Å². The summed E-state index contributed by atoms with van der Waals surface area (Å²) < 4.78 is 0. The molecular weight excluding hydrogens is 524 g/mol. The minimum absolute atomic E-state index is 0. The van der Waals surface area contributed by atoms with Crippen molar-refractivity contribution in [3.8, 4) is 0 Å². The second-order valence-electron chi connectivity index (χ2n) is 7.78. The molecule has 4 heteroatoms. The standard InChI is InChI=1S/C11H11.3C7H7O.Zr/c1-2-6-10(5-1)9-11-7-3-4-8-11;3*8-6-7-4-2-1-3-5-7;/h1-5,7,9H,6,8H2;3*1-5H,6H2;/q4*-1;+4. The third kappa shape index (κ3) is 14.0. The number of benzene rings is 3. The molecule has 0 heterocycles. The van der Waals surface area contributed by atoms with Gasteiger partial charge >= 0.3 is 26.2 Å². The maximum absolute atomic E-state index is 10.1. The Labute approximate surface area is 235 Å². The molecule has 0 unspecified atom stereocenters. The van der Waals surface area contributed by atoms with Gasteiger partial charge < -0.3 is 15.3 Å². The molecule has 3 aromatic rings. The Morgan fingerprint density at radius 3 is 1.00 bits per heavy atom. The van der Waals surface area contributed by atoms with Crippen molar-refractivity contribution in [3.63, 3.8) is 0 Å². The van der Waals surface area contributed by atoms with E-state index in [0.29, 0.717) is 0 Å². The first-order chi connectivity index (χ1) is 17.2. The molecule has 0 saturated carbocycles. The van der Waals surface area contributed by atoms with Crippen LogP contribution in [-0.2, 0) is 46.0 Å². The van der Waals surface area contributed by atoms with Gasteiger partial charge in [0.2, 0.25) is 0 Å². The second kappa shape index (κ2) is 20.4. The summed E-state index contributed by atoms with van der Waals surface area (Å²) in [7, 11) is 0. The molecule has 3 aromatic carbocycles. The molecule has 0 saturated heterocycles. The molecular formula is C32H32O3Zr. The van der Waals surface area contributed by atoms with Crippen molar-refractivity contribution in [1.82, 2.24) is 0 Å². The van der Waals surface area contributed by atoms with Gasteiger partial charge in [-0.1, -0.05) is 120 Å². The van der Waals surface area contributed by atoms with E-state index in [4.69, 9.17) is 0 Å². The van der Waals surface area contributed by atoms with Crippen molar-refractivity contribution in [1.29, 1.82) is 0 Å². The van der Waals surface area contributed by atoms with Crippen molar-refractivity contribution < 1.29 is 41.5 Å². The van der Waals surface area contributed by atoms with Crippen LogP contribution in [0.15, 0.2) is 139 Å². The van der Waals surface area contributed by atoms with E-state index in [1.165, 1.54) is 11.1 Å². The maximum atomic E-state index is 10.1. The molecule has 0 spiro atoms. The number of hydrogen-bond acceptors (Lipinski definition) is 3. The minimum Gasteiger partial charge on any atom is -0.851 e. The SMILES string of the molecule is C1=CCC([CH-]C2=CC=CC2)=C1.[O-]Cc1ccccc1.[O-]Cc1ccccc1.[O-]Cc1ccccc1.[Zr+4]. The summed E-state index contributed by atoms with van der Waals surface area (Å²) in [6.07, 6.45) is 17.5. The zero-order valence-corrected chi connectivity index (χ0v) is 22.9. The van der Waals surface area contributed by atoms with E-state index in [-0.39, 0.29) is 46.0 Å². The number of rotatable bonds is 5. The molecule has 5 rings (SSSR count). The molecule has 0 N–H and O–H groups in total. The minimum atomic E-state index is -0.110. The predicted molar refractivity (Wildman–Crippen MR) is 138 cm³/mol. The van der Waals surface area contributed by atoms with E-state index < -0.39 is 0 Å². The molecule has 0 bridgehead atoms. The topological polar surface area (TPSA) is 69.2 Å². The molecule has 36 heavy (non-hydrogen) atoms. The van der Waals surface area contributed by atoms with Crippen molar-refractivity contribution in [2.24, 2.45) is 0 Å². The van der Waals surface area contributed by atoms with Crippen LogP contribution in [0.3, 0.4) is 0 Å². The molecule has 0 atom stereocenters. The van der Waals surface area contributed by atoms with Crippen LogP contribution in [-0.4, -0.2) is 0 Å². The summed E-state index contributed by atoms with van der Waals surface area (Å²) in [6, 6.07) is 27.9. The van der Waals surface area contributed by atoms with Crippen LogP contribution >= 0.6 is 0 Å². The fourth-order valence-electron chi connectivity index (χ4n) is 3.10. The monoisotopic (exact) mass is 554 g/mol. The fourth-order valence-corrected chi connectivity index (χ4v) is 3.10. The van der Waals surface area contributed by atoms with Crippen LogP contribution in [0.25, 0.3) is 0 Å². The van der Waals surface area contributed by atoms with Gasteiger partial charge in [0.15, 0.2) is 0 Å². The van der Waals surface area contributed by atoms with Gasteiger partial charge in [-0.3, -0.25) is 0 Å². The van der Waals surface area contributed by atoms with E-state index in [1.54, 1.807) is 0 Å². The van der Waals surface area contributed by atoms with E-state index in [2.05, 4.69) is 42.9 Å². The van der Waals surface area contributed by atoms with Gasteiger partial charge in [0.1, 0.15) is 0 Å². The van der Waals surface area contributed by atoms with Crippen molar-refractivity contribution in [3.05, 3.63) is 162 Å². The maximum Gasteiger partial charge on any atom is 4.00 e. The molecule has 2 aliphatic rings. The molecule has 182 valence electrons. The molecule has 0 amide bonds. The smallest absolute Gasteiger partial charge is 0.851 e. The Balaban J connectivity index is 0.000000241. The Morgan fingerprint density at radius 1 is 0.500 bits per heavy atom. The zero-order valence-electron chi connectivity index (χ0n) is 20.5. The Morgan fingerprint density at radius 2 is 0.806 bits per heavy atom. The average Bonchev–Trinajstić information content (AvgIpc) is 3.66. The zero-order chi connectivity index (χ0) is 25.0. The van der Waals surface area contributed by atoms with Crippen LogP contribution in [0.4, 0.5) is 0 Å². The van der Waals surface area contributed by atoms with Crippen LogP contribution in [0.5, 0.6) is 0 Å².